The summed E-state index contributed by atoms with van der Waals surface area (Å²) in [6, 6.07) is 10.8. The second-order valence-corrected chi connectivity index (χ2v) is 6.78. The highest BCUT2D eigenvalue weighted by Crippen LogP contribution is 2.37. The average molecular weight is 394 g/mol. The topological polar surface area (TPSA) is 33.7 Å². The second-order valence-electron chi connectivity index (χ2n) is 6.78. The zero-order chi connectivity index (χ0) is 20.1. The number of rotatable bonds is 5. The van der Waals surface area contributed by atoms with Crippen LogP contribution in [0.15, 0.2) is 42.5 Å². The number of ether oxygens (including phenoxy) is 2. The van der Waals surface area contributed by atoms with Crippen LogP contribution < -0.4 is 14.8 Å². The highest BCUT2D eigenvalue weighted by atomic mass is 19.4. The van der Waals surface area contributed by atoms with Crippen molar-refractivity contribution in [1.29, 1.82) is 0 Å². The molecule has 1 atom stereocenters. The third kappa shape index (κ3) is 4.59. The fraction of sp³-hybridized carbons (Fsp3) is 0.429. The molecule has 2 aromatic rings. The van der Waals surface area contributed by atoms with Crippen LogP contribution in [0.3, 0.4) is 0 Å². The zero-order valence-electron chi connectivity index (χ0n) is 16.1. The summed E-state index contributed by atoms with van der Waals surface area (Å²) < 4.78 is 50.6. The first-order valence-corrected chi connectivity index (χ1v) is 9.28. The van der Waals surface area contributed by atoms with Crippen LogP contribution >= 0.6 is 0 Å². The highest BCUT2D eigenvalue weighted by Gasteiger charge is 2.32. The van der Waals surface area contributed by atoms with Gasteiger partial charge in [0.25, 0.3) is 0 Å². The number of hydrogen-bond donors (Lipinski definition) is 1. The standard InChI is InChI=1S/C21H25F3N2O2/c1-27-18-8-7-16(14-19(18)28-2)20(26-11-4-9-25-10-12-26)15-5-3-6-17(13-15)21(22,23)24/h3,5-8,13-14,20,25H,4,9-12H2,1-2H3. The molecule has 1 N–H and O–H groups in total. The van der Waals surface area contributed by atoms with Crippen molar-refractivity contribution in [3.63, 3.8) is 0 Å². The van der Waals surface area contributed by atoms with Crippen LogP contribution in [0.4, 0.5) is 13.2 Å². The lowest BCUT2D eigenvalue weighted by atomic mass is 9.94. The Morgan fingerprint density at radius 1 is 0.929 bits per heavy atom. The molecule has 0 saturated carbocycles. The van der Waals surface area contributed by atoms with E-state index in [9.17, 15) is 13.2 Å². The summed E-state index contributed by atoms with van der Waals surface area (Å²) in [7, 11) is 3.11. The molecule has 3 rings (SSSR count). The van der Waals surface area contributed by atoms with E-state index in [2.05, 4.69) is 10.2 Å². The first kappa shape index (κ1) is 20.5. The Morgan fingerprint density at radius 2 is 1.68 bits per heavy atom. The summed E-state index contributed by atoms with van der Waals surface area (Å²) >= 11 is 0. The van der Waals surface area contributed by atoms with E-state index >= 15 is 0 Å². The van der Waals surface area contributed by atoms with Gasteiger partial charge in [-0.05, 0) is 48.4 Å². The van der Waals surface area contributed by atoms with E-state index in [1.807, 2.05) is 12.1 Å². The van der Waals surface area contributed by atoms with Gasteiger partial charge in [-0.15, -0.1) is 0 Å². The summed E-state index contributed by atoms with van der Waals surface area (Å²) in [5, 5.41) is 3.35. The summed E-state index contributed by atoms with van der Waals surface area (Å²) in [5.41, 5.74) is 0.853. The number of alkyl halides is 3. The Balaban J connectivity index is 2.08. The molecule has 0 aliphatic carbocycles. The van der Waals surface area contributed by atoms with Crippen LogP contribution in [0.2, 0.25) is 0 Å². The minimum atomic E-state index is -4.38. The molecule has 152 valence electrons. The monoisotopic (exact) mass is 394 g/mol. The summed E-state index contributed by atoms with van der Waals surface area (Å²) in [4.78, 5) is 2.22. The highest BCUT2D eigenvalue weighted by molar-refractivity contribution is 5.46. The van der Waals surface area contributed by atoms with E-state index in [0.29, 0.717) is 17.1 Å². The van der Waals surface area contributed by atoms with Gasteiger partial charge in [0, 0.05) is 19.6 Å². The molecule has 1 aliphatic heterocycles. The van der Waals surface area contributed by atoms with E-state index in [1.54, 1.807) is 26.4 Å². The Hall–Kier alpha value is -2.25. The molecule has 0 radical (unpaired) electrons. The van der Waals surface area contributed by atoms with Crippen LogP contribution in [-0.2, 0) is 6.18 Å². The Labute approximate surface area is 163 Å². The van der Waals surface area contributed by atoms with Gasteiger partial charge in [0.05, 0.1) is 25.8 Å². The van der Waals surface area contributed by atoms with Crippen molar-refractivity contribution in [1.82, 2.24) is 10.2 Å². The molecule has 2 aromatic carbocycles. The molecular weight excluding hydrogens is 369 g/mol. The lowest BCUT2D eigenvalue weighted by Crippen LogP contribution is -2.33. The van der Waals surface area contributed by atoms with Crippen LogP contribution in [0, 0.1) is 0 Å². The molecular formula is C21H25F3N2O2. The molecule has 1 fully saturated rings. The lowest BCUT2D eigenvalue weighted by molar-refractivity contribution is -0.137. The van der Waals surface area contributed by atoms with Crippen molar-refractivity contribution < 1.29 is 22.6 Å². The van der Waals surface area contributed by atoms with E-state index in [-0.39, 0.29) is 6.04 Å². The van der Waals surface area contributed by atoms with Crippen LogP contribution in [0.25, 0.3) is 0 Å². The predicted octanol–water partition coefficient (Wildman–Crippen LogP) is 4.11. The minimum Gasteiger partial charge on any atom is -0.493 e. The van der Waals surface area contributed by atoms with Gasteiger partial charge >= 0.3 is 6.18 Å². The molecule has 0 bridgehead atoms. The first-order valence-electron chi connectivity index (χ1n) is 9.28. The van der Waals surface area contributed by atoms with Crippen molar-refractivity contribution in [2.24, 2.45) is 0 Å². The molecule has 1 aliphatic rings. The van der Waals surface area contributed by atoms with Gasteiger partial charge in [-0.3, -0.25) is 4.90 Å². The molecule has 1 heterocycles. The number of benzene rings is 2. The largest absolute Gasteiger partial charge is 0.493 e. The maximum absolute atomic E-state index is 13.3. The summed E-state index contributed by atoms with van der Waals surface area (Å²) in [6.07, 6.45) is -3.44. The van der Waals surface area contributed by atoms with Gasteiger partial charge in [-0.2, -0.15) is 13.2 Å². The zero-order valence-corrected chi connectivity index (χ0v) is 16.1. The first-order chi connectivity index (χ1) is 13.4. The van der Waals surface area contributed by atoms with Crippen LogP contribution in [0.1, 0.15) is 29.2 Å². The third-order valence-electron chi connectivity index (χ3n) is 4.99. The van der Waals surface area contributed by atoms with Crippen molar-refractivity contribution in [3.8, 4) is 11.5 Å². The maximum Gasteiger partial charge on any atom is 0.416 e. The molecule has 0 amide bonds. The minimum absolute atomic E-state index is 0.304. The van der Waals surface area contributed by atoms with Gasteiger partial charge in [0.15, 0.2) is 11.5 Å². The second kappa shape index (κ2) is 8.84. The average Bonchev–Trinajstić information content (AvgIpc) is 2.97. The molecule has 28 heavy (non-hydrogen) atoms. The van der Waals surface area contributed by atoms with Crippen molar-refractivity contribution >= 4 is 0 Å². The molecule has 7 heteroatoms. The maximum atomic E-state index is 13.3. The van der Waals surface area contributed by atoms with Gasteiger partial charge in [0.2, 0.25) is 0 Å². The Morgan fingerprint density at radius 3 is 2.39 bits per heavy atom. The normalized spacial score (nSPS) is 17.0. The summed E-state index contributed by atoms with van der Waals surface area (Å²) in [6.45, 7) is 3.23. The third-order valence-corrected chi connectivity index (χ3v) is 4.99. The summed E-state index contributed by atoms with van der Waals surface area (Å²) in [5.74, 6) is 1.15. The molecule has 4 nitrogen and oxygen atoms in total. The van der Waals surface area contributed by atoms with Crippen molar-refractivity contribution in [3.05, 3.63) is 59.2 Å². The number of methoxy groups -OCH3 is 2. The van der Waals surface area contributed by atoms with E-state index < -0.39 is 11.7 Å². The smallest absolute Gasteiger partial charge is 0.416 e. The molecule has 1 saturated heterocycles. The van der Waals surface area contributed by atoms with Crippen LogP contribution in [-0.4, -0.2) is 45.3 Å². The SMILES string of the molecule is COc1ccc(C(c2cccc(C(F)(F)F)c2)N2CCCNCC2)cc1OC. The van der Waals surface area contributed by atoms with E-state index in [1.165, 1.54) is 12.1 Å². The van der Waals surface area contributed by atoms with E-state index in [0.717, 1.165) is 44.2 Å². The van der Waals surface area contributed by atoms with Gasteiger partial charge in [0.1, 0.15) is 0 Å². The van der Waals surface area contributed by atoms with Gasteiger partial charge in [-0.25, -0.2) is 0 Å². The number of halogens is 3. The predicted molar refractivity (Wildman–Crippen MR) is 102 cm³/mol. The van der Waals surface area contributed by atoms with E-state index in [4.69, 9.17) is 9.47 Å². The van der Waals surface area contributed by atoms with Gasteiger partial charge in [-0.1, -0.05) is 18.2 Å². The lowest BCUT2D eigenvalue weighted by Gasteiger charge is -2.32. The Kier molecular flexibility index (Phi) is 6.46. The van der Waals surface area contributed by atoms with Crippen molar-refractivity contribution in [2.75, 3.05) is 40.4 Å². The van der Waals surface area contributed by atoms with Crippen molar-refractivity contribution in [2.45, 2.75) is 18.6 Å². The molecule has 0 aromatic heterocycles. The number of nitrogens with one attached hydrogen (secondary N) is 1. The number of nitrogens with zero attached hydrogens (tertiary/aromatic N) is 1. The molecule has 0 spiro atoms. The quantitative estimate of drug-likeness (QED) is 0.828. The fourth-order valence-electron chi connectivity index (χ4n) is 3.65. The molecule has 1 unspecified atom stereocenters. The van der Waals surface area contributed by atoms with Gasteiger partial charge < -0.3 is 14.8 Å². The Bertz CT molecular complexity index is 787. The fourth-order valence-corrected chi connectivity index (χ4v) is 3.65. The van der Waals surface area contributed by atoms with Crippen LogP contribution in [0.5, 0.6) is 11.5 Å². The number of hydrogen-bond acceptors (Lipinski definition) is 4.